The molecule has 0 aliphatic rings. The van der Waals surface area contributed by atoms with Crippen LogP contribution in [-0.4, -0.2) is 9.55 Å². The molecule has 0 radical (unpaired) electrons. The number of halogens is 5. The Balaban J connectivity index is 2.36. The number of alkyl halides is 1. The fourth-order valence-corrected chi connectivity index (χ4v) is 3.00. The van der Waals surface area contributed by atoms with Gasteiger partial charge in [0, 0.05) is 10.5 Å². The van der Waals surface area contributed by atoms with Crippen LogP contribution in [0.3, 0.4) is 0 Å². The topological polar surface area (TPSA) is 17.8 Å². The molecule has 0 atom stereocenters. The van der Waals surface area contributed by atoms with E-state index < -0.39 is 11.6 Å². The molecular formula is C14H7Br2ClF2N2. The minimum Gasteiger partial charge on any atom is -0.292 e. The summed E-state index contributed by atoms with van der Waals surface area (Å²) >= 11 is 12.4. The summed E-state index contributed by atoms with van der Waals surface area (Å²) in [6.07, 6.45) is 0. The average Bonchev–Trinajstić information content (AvgIpc) is 2.80. The Hall–Kier alpha value is -0.980. The largest absolute Gasteiger partial charge is 0.292 e. The van der Waals surface area contributed by atoms with Crippen molar-refractivity contribution in [2.75, 3.05) is 0 Å². The maximum atomic E-state index is 14.2. The van der Waals surface area contributed by atoms with E-state index in [4.69, 9.17) is 11.6 Å². The molecule has 3 aromatic rings. The molecule has 1 heterocycles. The molecule has 0 N–H and O–H groups in total. The number of hydrogen-bond acceptors (Lipinski definition) is 1. The molecule has 0 bridgehead atoms. The summed E-state index contributed by atoms with van der Waals surface area (Å²) in [5, 5.41) is 0. The van der Waals surface area contributed by atoms with Gasteiger partial charge in [-0.3, -0.25) is 4.57 Å². The molecule has 1 aromatic heterocycles. The van der Waals surface area contributed by atoms with Crippen LogP contribution in [0, 0.1) is 11.6 Å². The van der Waals surface area contributed by atoms with Gasteiger partial charge in [0.25, 0.3) is 0 Å². The van der Waals surface area contributed by atoms with Crippen LogP contribution in [0.1, 0.15) is 5.82 Å². The fraction of sp³-hybridized carbons (Fsp3) is 0.0714. The second-order valence-corrected chi connectivity index (χ2v) is 6.39. The summed E-state index contributed by atoms with van der Waals surface area (Å²) in [5.41, 5.74) is 1.58. The van der Waals surface area contributed by atoms with E-state index in [0.717, 1.165) is 10.5 Å². The number of nitrogens with zero attached hydrogens (tertiary/aromatic N) is 2. The molecule has 2 aromatic carbocycles. The molecule has 0 unspecified atom stereocenters. The third-order valence-corrected chi connectivity index (χ3v) is 4.38. The number of benzene rings is 2. The van der Waals surface area contributed by atoms with Crippen molar-refractivity contribution in [1.82, 2.24) is 9.55 Å². The second-order valence-electron chi connectivity index (χ2n) is 4.35. The van der Waals surface area contributed by atoms with Crippen LogP contribution in [0.25, 0.3) is 16.7 Å². The first-order valence-electron chi connectivity index (χ1n) is 5.89. The van der Waals surface area contributed by atoms with E-state index in [1.54, 1.807) is 10.6 Å². The van der Waals surface area contributed by atoms with Crippen LogP contribution in [0.4, 0.5) is 8.78 Å². The number of rotatable bonds is 2. The van der Waals surface area contributed by atoms with E-state index in [-0.39, 0.29) is 16.0 Å². The minimum absolute atomic E-state index is 0.112. The SMILES string of the molecule is Fc1cc(F)c(-n2c(CCl)nc3cc(Br)ccc32)cc1Br. The van der Waals surface area contributed by atoms with Crippen LogP contribution in [-0.2, 0) is 5.88 Å². The zero-order valence-corrected chi connectivity index (χ0v) is 14.3. The lowest BCUT2D eigenvalue weighted by molar-refractivity contribution is 0.573. The van der Waals surface area contributed by atoms with E-state index in [9.17, 15) is 8.78 Å². The highest BCUT2D eigenvalue weighted by Crippen LogP contribution is 2.29. The van der Waals surface area contributed by atoms with Crippen molar-refractivity contribution >= 4 is 54.5 Å². The van der Waals surface area contributed by atoms with Crippen molar-refractivity contribution in [3.8, 4) is 5.69 Å². The first-order chi connectivity index (χ1) is 10.0. The van der Waals surface area contributed by atoms with Gasteiger partial charge in [0.15, 0.2) is 0 Å². The Morgan fingerprint density at radius 2 is 1.86 bits per heavy atom. The van der Waals surface area contributed by atoms with Gasteiger partial charge in [-0.1, -0.05) is 15.9 Å². The monoisotopic (exact) mass is 434 g/mol. The molecule has 3 rings (SSSR count). The summed E-state index contributed by atoms with van der Waals surface area (Å²) in [6.45, 7) is 0. The molecule has 108 valence electrons. The minimum atomic E-state index is -0.677. The summed E-state index contributed by atoms with van der Waals surface area (Å²) in [7, 11) is 0. The number of hydrogen-bond donors (Lipinski definition) is 0. The standard InChI is InChI=1S/C14H7Br2ClF2N2/c15-7-1-2-12-11(3-7)20-14(6-17)21(12)13-4-8(16)9(18)5-10(13)19/h1-5H,6H2. The van der Waals surface area contributed by atoms with Gasteiger partial charge >= 0.3 is 0 Å². The highest BCUT2D eigenvalue weighted by molar-refractivity contribution is 9.10. The zero-order chi connectivity index (χ0) is 15.1. The van der Waals surface area contributed by atoms with Gasteiger partial charge in [-0.05, 0) is 40.2 Å². The third-order valence-electron chi connectivity index (χ3n) is 3.04. The van der Waals surface area contributed by atoms with E-state index in [2.05, 4.69) is 36.8 Å². The van der Waals surface area contributed by atoms with Crippen molar-refractivity contribution in [2.45, 2.75) is 5.88 Å². The highest BCUT2D eigenvalue weighted by Gasteiger charge is 2.17. The van der Waals surface area contributed by atoms with E-state index in [0.29, 0.717) is 16.9 Å². The van der Waals surface area contributed by atoms with Crippen LogP contribution in [0.2, 0.25) is 0 Å². The molecule has 0 aliphatic carbocycles. The number of imidazole rings is 1. The van der Waals surface area contributed by atoms with Crippen molar-refractivity contribution < 1.29 is 8.78 Å². The molecule has 0 saturated heterocycles. The first-order valence-corrected chi connectivity index (χ1v) is 8.01. The number of fused-ring (bicyclic) bond motifs is 1. The first kappa shape index (κ1) is 14.9. The molecule has 7 heteroatoms. The molecule has 0 saturated carbocycles. The summed E-state index contributed by atoms with van der Waals surface area (Å²) in [4.78, 5) is 4.39. The third kappa shape index (κ3) is 2.60. The quantitative estimate of drug-likeness (QED) is 0.380. The Kier molecular flexibility index (Phi) is 4.03. The molecule has 0 fully saturated rings. The van der Waals surface area contributed by atoms with Gasteiger partial charge in [0.2, 0.25) is 0 Å². The van der Waals surface area contributed by atoms with Gasteiger partial charge in [0.05, 0.1) is 27.1 Å². The van der Waals surface area contributed by atoms with E-state index >= 15 is 0 Å². The van der Waals surface area contributed by atoms with Crippen molar-refractivity contribution in [3.63, 3.8) is 0 Å². The molecule has 21 heavy (non-hydrogen) atoms. The normalized spacial score (nSPS) is 11.3. The lowest BCUT2D eigenvalue weighted by atomic mass is 10.2. The molecule has 0 spiro atoms. The molecule has 0 aliphatic heterocycles. The van der Waals surface area contributed by atoms with Crippen LogP contribution >= 0.6 is 43.5 Å². The number of aromatic nitrogens is 2. The predicted octanol–water partition coefficient (Wildman–Crippen LogP) is 5.57. The second kappa shape index (κ2) is 5.66. The summed E-state index contributed by atoms with van der Waals surface area (Å²) in [5.74, 6) is -0.733. The van der Waals surface area contributed by atoms with Gasteiger partial charge < -0.3 is 0 Å². The fourth-order valence-electron chi connectivity index (χ4n) is 2.15. The van der Waals surface area contributed by atoms with Crippen molar-refractivity contribution in [1.29, 1.82) is 0 Å². The predicted molar refractivity (Wildman–Crippen MR) is 85.9 cm³/mol. The Bertz CT molecular complexity index is 849. The molecule has 0 amide bonds. The highest BCUT2D eigenvalue weighted by atomic mass is 79.9. The van der Waals surface area contributed by atoms with Crippen LogP contribution < -0.4 is 0 Å². The Labute approximate surface area is 141 Å². The Morgan fingerprint density at radius 1 is 1.10 bits per heavy atom. The van der Waals surface area contributed by atoms with Crippen molar-refractivity contribution in [3.05, 3.63) is 56.7 Å². The smallest absolute Gasteiger partial charge is 0.150 e. The van der Waals surface area contributed by atoms with Crippen LogP contribution in [0.5, 0.6) is 0 Å². The van der Waals surface area contributed by atoms with Gasteiger partial charge in [-0.25, -0.2) is 13.8 Å². The van der Waals surface area contributed by atoms with E-state index in [1.165, 1.54) is 6.07 Å². The maximum absolute atomic E-state index is 14.2. The summed E-state index contributed by atoms with van der Waals surface area (Å²) in [6, 6.07) is 7.67. The summed E-state index contributed by atoms with van der Waals surface area (Å²) < 4.78 is 30.2. The van der Waals surface area contributed by atoms with Gasteiger partial charge in [-0.2, -0.15) is 0 Å². The Morgan fingerprint density at radius 3 is 2.57 bits per heavy atom. The average molecular weight is 436 g/mol. The lowest BCUT2D eigenvalue weighted by Crippen LogP contribution is -2.03. The molecule has 2 nitrogen and oxygen atoms in total. The van der Waals surface area contributed by atoms with Gasteiger partial charge in [0.1, 0.15) is 17.5 Å². The zero-order valence-electron chi connectivity index (χ0n) is 10.4. The molecular weight excluding hydrogens is 429 g/mol. The lowest BCUT2D eigenvalue weighted by Gasteiger charge is -2.10. The van der Waals surface area contributed by atoms with Crippen LogP contribution in [0.15, 0.2) is 39.3 Å². The maximum Gasteiger partial charge on any atom is 0.150 e. The van der Waals surface area contributed by atoms with E-state index in [1.807, 2.05) is 12.1 Å². The van der Waals surface area contributed by atoms with Crippen molar-refractivity contribution in [2.24, 2.45) is 0 Å². The van der Waals surface area contributed by atoms with Gasteiger partial charge in [-0.15, -0.1) is 11.6 Å².